The molecule has 11 nitrogen and oxygen atoms in total. The smallest absolute Gasteiger partial charge is 0.335 e. The minimum absolute atomic E-state index is 0.0166. The second-order valence-corrected chi connectivity index (χ2v) is 12.1. The maximum Gasteiger partial charge on any atom is 0.335 e. The lowest BCUT2D eigenvalue weighted by Crippen LogP contribution is -2.62. The number of carbonyl (C=O) groups is 3. The molecule has 0 radical (unpaired) electrons. The van der Waals surface area contributed by atoms with Crippen LogP contribution in [-0.2, 0) is 23.9 Å². The summed E-state index contributed by atoms with van der Waals surface area (Å²) in [5, 5.41) is 62.5. The van der Waals surface area contributed by atoms with Gasteiger partial charge in [0, 0.05) is 16.7 Å². The largest absolute Gasteiger partial charge is 0.479 e. The summed E-state index contributed by atoms with van der Waals surface area (Å²) >= 11 is 0. The Morgan fingerprint density at radius 2 is 1.82 bits per heavy atom. The van der Waals surface area contributed by atoms with Gasteiger partial charge in [-0.15, -0.1) is 0 Å². The zero-order valence-corrected chi connectivity index (χ0v) is 21.4. The van der Waals surface area contributed by atoms with Crippen LogP contribution in [0.5, 0.6) is 0 Å². The molecule has 9 unspecified atom stereocenters. The molecule has 0 aromatic heterocycles. The number of carboxylic acids is 1. The minimum atomic E-state index is -1.89. The summed E-state index contributed by atoms with van der Waals surface area (Å²) in [4.78, 5) is 36.8. The number of aliphatic hydroxyl groups excluding tert-OH is 4. The van der Waals surface area contributed by atoms with Crippen LogP contribution in [0, 0.1) is 28.6 Å². The van der Waals surface area contributed by atoms with Crippen molar-refractivity contribution in [1.82, 2.24) is 0 Å². The maximum absolute atomic E-state index is 13.5. The van der Waals surface area contributed by atoms with E-state index < -0.39 is 71.6 Å². The van der Waals surface area contributed by atoms with Crippen molar-refractivity contribution in [3.63, 3.8) is 0 Å². The number of rotatable bonds is 5. The molecule has 0 spiro atoms. The molecule has 1 heterocycles. The molecule has 0 bridgehead atoms. The van der Waals surface area contributed by atoms with Crippen LogP contribution < -0.4 is 0 Å². The summed E-state index contributed by atoms with van der Waals surface area (Å²) in [5.74, 6) is -2.54. The number of carbonyl (C=O) groups excluding carboxylic acids is 2. The molecular weight excluding hydrogens is 500 g/mol. The molecule has 38 heavy (non-hydrogen) atoms. The highest BCUT2D eigenvalue weighted by atomic mass is 16.7. The van der Waals surface area contributed by atoms with Gasteiger partial charge in [0.1, 0.15) is 30.5 Å². The Balaban J connectivity index is 1.34. The number of carboxylic acid groups (broad SMARTS) is 1. The van der Waals surface area contributed by atoms with E-state index in [1.165, 1.54) is 0 Å². The van der Waals surface area contributed by atoms with Crippen LogP contribution in [0.15, 0.2) is 23.8 Å². The third-order valence-electron chi connectivity index (χ3n) is 10.3. The summed E-state index contributed by atoms with van der Waals surface area (Å²) in [5.41, 5.74) is -2.29. The van der Waals surface area contributed by atoms with Gasteiger partial charge in [-0.25, -0.2) is 4.79 Å². The van der Waals surface area contributed by atoms with E-state index in [4.69, 9.17) is 9.47 Å². The lowest BCUT2D eigenvalue weighted by molar-refractivity contribution is -0.293. The van der Waals surface area contributed by atoms with E-state index in [1.807, 2.05) is 19.9 Å². The lowest BCUT2D eigenvalue weighted by Gasteiger charge is -2.59. The van der Waals surface area contributed by atoms with Crippen molar-refractivity contribution in [2.24, 2.45) is 28.6 Å². The molecule has 0 aromatic carbocycles. The molecule has 12 atom stereocenters. The number of Topliss-reactive ketones (excluding diaryl/α,β-unsaturated/α-hetero) is 1. The number of aliphatic carboxylic acids is 1. The van der Waals surface area contributed by atoms with Gasteiger partial charge in [-0.05, 0) is 56.1 Å². The standard InChI is InChI=1S/C27H36O11/c1-25-7-5-13(28)9-12(25)3-4-14-15-6-8-27(36,26(15,2)10-16(29)18(14)25)17(30)11-37-24-21(33)19(31)20(32)22(38-24)23(34)35/h5,7,9,14-16,18-22,24,29,31-33,36H,3-4,6,8,10-11H2,1-2H3,(H,34,35)/t14?,15?,16?,18?,19?,20?,21?,22?,24?,25-,26-,27-/m0/s1. The second kappa shape index (κ2) is 9.29. The molecular formula is C27H36O11. The zero-order valence-electron chi connectivity index (χ0n) is 21.4. The molecule has 11 heteroatoms. The van der Waals surface area contributed by atoms with E-state index in [-0.39, 0.29) is 36.4 Å². The molecule has 4 fully saturated rings. The molecule has 6 N–H and O–H groups in total. The van der Waals surface area contributed by atoms with E-state index >= 15 is 0 Å². The molecule has 5 rings (SSSR count). The van der Waals surface area contributed by atoms with Crippen LogP contribution in [0.1, 0.15) is 46.0 Å². The van der Waals surface area contributed by atoms with Gasteiger partial charge < -0.3 is 40.1 Å². The van der Waals surface area contributed by atoms with E-state index in [0.717, 1.165) is 12.0 Å². The van der Waals surface area contributed by atoms with E-state index in [2.05, 4.69) is 0 Å². The molecule has 3 saturated carbocycles. The van der Waals surface area contributed by atoms with Crippen molar-refractivity contribution in [1.29, 1.82) is 0 Å². The van der Waals surface area contributed by atoms with Crippen molar-refractivity contribution >= 4 is 17.5 Å². The molecule has 4 aliphatic carbocycles. The van der Waals surface area contributed by atoms with Gasteiger partial charge in [0.25, 0.3) is 0 Å². The van der Waals surface area contributed by atoms with E-state index in [9.17, 15) is 45.0 Å². The first-order valence-electron chi connectivity index (χ1n) is 13.2. The maximum atomic E-state index is 13.5. The van der Waals surface area contributed by atoms with Gasteiger partial charge >= 0.3 is 5.97 Å². The average Bonchev–Trinajstić information content (AvgIpc) is 3.13. The van der Waals surface area contributed by atoms with Crippen LogP contribution in [0.3, 0.4) is 0 Å². The number of fused-ring (bicyclic) bond motifs is 5. The summed E-state index contributed by atoms with van der Waals surface area (Å²) in [7, 11) is 0. The van der Waals surface area contributed by atoms with E-state index in [1.54, 1.807) is 12.2 Å². The highest BCUT2D eigenvalue weighted by molar-refractivity contribution is 6.01. The Morgan fingerprint density at radius 1 is 1.11 bits per heavy atom. The number of ketones is 2. The van der Waals surface area contributed by atoms with Crippen LogP contribution in [0.2, 0.25) is 0 Å². The van der Waals surface area contributed by atoms with Crippen LogP contribution in [0.25, 0.3) is 0 Å². The Bertz CT molecular complexity index is 1080. The molecule has 0 amide bonds. The first kappa shape index (κ1) is 27.6. The van der Waals surface area contributed by atoms with Gasteiger partial charge in [-0.3, -0.25) is 9.59 Å². The predicted molar refractivity (Wildman–Crippen MR) is 128 cm³/mol. The van der Waals surface area contributed by atoms with Gasteiger partial charge in [0.2, 0.25) is 0 Å². The first-order chi connectivity index (χ1) is 17.7. The Morgan fingerprint density at radius 3 is 2.50 bits per heavy atom. The highest BCUT2D eigenvalue weighted by Gasteiger charge is 2.68. The Kier molecular flexibility index (Phi) is 6.74. The fraction of sp³-hybridized carbons (Fsp3) is 0.741. The molecule has 0 aromatic rings. The van der Waals surface area contributed by atoms with Crippen molar-refractivity contribution in [2.75, 3.05) is 6.61 Å². The number of hydrogen-bond acceptors (Lipinski definition) is 10. The number of hydrogen-bond donors (Lipinski definition) is 6. The predicted octanol–water partition coefficient (Wildman–Crippen LogP) is -0.526. The summed E-state index contributed by atoms with van der Waals surface area (Å²) in [6, 6.07) is 0. The fourth-order valence-corrected chi connectivity index (χ4v) is 8.26. The van der Waals surface area contributed by atoms with Gasteiger partial charge in [0.05, 0.1) is 6.10 Å². The van der Waals surface area contributed by atoms with Gasteiger partial charge in [-0.2, -0.15) is 0 Å². The number of allylic oxidation sites excluding steroid dienone is 4. The molecule has 210 valence electrons. The van der Waals surface area contributed by atoms with Crippen molar-refractivity contribution in [2.45, 2.75) is 88.4 Å². The summed E-state index contributed by atoms with van der Waals surface area (Å²) in [6.07, 6.45) is -2.60. The first-order valence-corrected chi connectivity index (χ1v) is 13.2. The minimum Gasteiger partial charge on any atom is -0.479 e. The van der Waals surface area contributed by atoms with Gasteiger partial charge in [-0.1, -0.05) is 25.5 Å². The van der Waals surface area contributed by atoms with Crippen molar-refractivity contribution in [3.8, 4) is 0 Å². The quantitative estimate of drug-likeness (QED) is 0.265. The molecule has 5 aliphatic rings. The average molecular weight is 537 g/mol. The lowest BCUT2D eigenvalue weighted by atomic mass is 9.46. The zero-order chi connectivity index (χ0) is 27.8. The monoisotopic (exact) mass is 536 g/mol. The second-order valence-electron chi connectivity index (χ2n) is 12.1. The third-order valence-corrected chi connectivity index (χ3v) is 10.3. The SMILES string of the molecule is C[C@]12C=CC(=O)C=C1CCC1C2C(O)C[C@@]2(C)C1CC[C@]2(O)C(=O)COC1OC(C(=O)O)C(O)C(O)C1O. The number of aliphatic hydroxyl groups is 5. The fourth-order valence-electron chi connectivity index (χ4n) is 8.26. The van der Waals surface area contributed by atoms with Crippen molar-refractivity contribution < 1.29 is 54.5 Å². The van der Waals surface area contributed by atoms with Crippen LogP contribution >= 0.6 is 0 Å². The highest BCUT2D eigenvalue weighted by Crippen LogP contribution is 2.67. The summed E-state index contributed by atoms with van der Waals surface area (Å²) in [6.45, 7) is 3.12. The Hall–Kier alpha value is -1.99. The third kappa shape index (κ3) is 3.86. The summed E-state index contributed by atoms with van der Waals surface area (Å²) < 4.78 is 10.4. The van der Waals surface area contributed by atoms with Crippen LogP contribution in [-0.4, -0.2) is 97.2 Å². The number of ether oxygens (including phenoxy) is 2. The molecule has 1 saturated heterocycles. The normalized spacial score (nSPS) is 50.0. The topological polar surface area (TPSA) is 191 Å². The van der Waals surface area contributed by atoms with E-state index in [0.29, 0.717) is 12.8 Å². The van der Waals surface area contributed by atoms with Crippen LogP contribution in [0.4, 0.5) is 0 Å². The molecule has 1 aliphatic heterocycles. The Labute approximate surface area is 219 Å². The van der Waals surface area contributed by atoms with Gasteiger partial charge in [0.15, 0.2) is 24.0 Å². The van der Waals surface area contributed by atoms with Crippen molar-refractivity contribution in [3.05, 3.63) is 23.8 Å².